The van der Waals surface area contributed by atoms with Crippen LogP contribution in [0.5, 0.6) is 5.75 Å². The van der Waals surface area contributed by atoms with Crippen molar-refractivity contribution in [1.29, 1.82) is 0 Å². The van der Waals surface area contributed by atoms with Crippen LogP contribution < -0.4 is 9.54 Å². The largest absolute Gasteiger partial charge is 0.497 e. The number of hydrogen-bond donors (Lipinski definition) is 0. The van der Waals surface area contributed by atoms with Crippen LogP contribution in [0.15, 0.2) is 52.2 Å². The van der Waals surface area contributed by atoms with E-state index in [-0.39, 0.29) is 0 Å². The lowest BCUT2D eigenvalue weighted by Gasteiger charge is -2.15. The Morgan fingerprint density at radius 2 is 2.00 bits per heavy atom. The van der Waals surface area contributed by atoms with Crippen molar-refractivity contribution in [3.05, 3.63) is 52.0 Å². The topological polar surface area (TPSA) is 26.5 Å². The Morgan fingerprint density at radius 3 is 2.75 bits per heavy atom. The lowest BCUT2D eigenvalue weighted by atomic mass is 10.2. The second-order valence-corrected chi connectivity index (χ2v) is 7.79. The van der Waals surface area contributed by atoms with E-state index in [9.17, 15) is 0 Å². The van der Waals surface area contributed by atoms with Crippen molar-refractivity contribution in [2.75, 3.05) is 7.11 Å². The van der Waals surface area contributed by atoms with Gasteiger partial charge in [-0.25, -0.2) is 4.99 Å². The molecule has 0 bridgehead atoms. The van der Waals surface area contributed by atoms with Crippen molar-refractivity contribution in [2.45, 2.75) is 31.7 Å². The SMILES string of the molecule is COc1cccc(N=c2scc(-c3cccs3)n2C2CCCC2)c1. The third kappa shape index (κ3) is 3.06. The van der Waals surface area contributed by atoms with Crippen LogP contribution in [-0.4, -0.2) is 11.7 Å². The summed E-state index contributed by atoms with van der Waals surface area (Å²) >= 11 is 3.53. The number of aromatic nitrogens is 1. The first-order valence-electron chi connectivity index (χ1n) is 8.28. The van der Waals surface area contributed by atoms with Crippen LogP contribution in [0.1, 0.15) is 31.7 Å². The standard InChI is InChI=1S/C19H20N2OS2/c1-22-16-9-4-6-14(12-16)20-19-21(15-7-2-3-8-15)17(13-24-19)18-10-5-11-23-18/h4-6,9-13,15H,2-3,7-8H2,1H3. The van der Waals surface area contributed by atoms with Gasteiger partial charge in [-0.05, 0) is 36.4 Å². The molecule has 0 amide bonds. The zero-order valence-electron chi connectivity index (χ0n) is 13.6. The number of rotatable bonds is 4. The third-order valence-corrected chi connectivity index (χ3v) is 6.22. The Balaban J connectivity index is 1.84. The summed E-state index contributed by atoms with van der Waals surface area (Å²) in [5, 5.41) is 4.40. The highest BCUT2D eigenvalue weighted by atomic mass is 32.1. The molecule has 0 spiro atoms. The Bertz CT molecular complexity index is 871. The van der Waals surface area contributed by atoms with Crippen LogP contribution in [0.4, 0.5) is 5.69 Å². The molecule has 1 fully saturated rings. The monoisotopic (exact) mass is 356 g/mol. The van der Waals surface area contributed by atoms with Gasteiger partial charge in [-0.2, -0.15) is 0 Å². The minimum atomic E-state index is 0.567. The number of thiophene rings is 1. The molecule has 4 rings (SSSR count). The summed E-state index contributed by atoms with van der Waals surface area (Å²) < 4.78 is 7.79. The Kier molecular flexibility index (Phi) is 4.54. The molecule has 124 valence electrons. The molecule has 0 N–H and O–H groups in total. The van der Waals surface area contributed by atoms with Crippen LogP contribution in [0.25, 0.3) is 10.6 Å². The summed E-state index contributed by atoms with van der Waals surface area (Å²) in [6.07, 6.45) is 5.13. The van der Waals surface area contributed by atoms with E-state index in [0.29, 0.717) is 6.04 Å². The fraction of sp³-hybridized carbons (Fsp3) is 0.316. The van der Waals surface area contributed by atoms with Crippen molar-refractivity contribution >= 4 is 28.4 Å². The van der Waals surface area contributed by atoms with Crippen molar-refractivity contribution in [3.63, 3.8) is 0 Å². The van der Waals surface area contributed by atoms with Gasteiger partial charge in [0.1, 0.15) is 5.75 Å². The van der Waals surface area contributed by atoms with Gasteiger partial charge in [-0.1, -0.05) is 25.0 Å². The summed E-state index contributed by atoms with van der Waals surface area (Å²) in [5.74, 6) is 0.846. The second-order valence-electron chi connectivity index (χ2n) is 6.00. The molecule has 0 radical (unpaired) electrons. The van der Waals surface area contributed by atoms with Crippen molar-refractivity contribution in [3.8, 4) is 16.3 Å². The lowest BCUT2D eigenvalue weighted by Crippen LogP contribution is -2.19. The highest BCUT2D eigenvalue weighted by Crippen LogP contribution is 2.35. The molecular formula is C19H20N2OS2. The fourth-order valence-electron chi connectivity index (χ4n) is 3.31. The zero-order valence-corrected chi connectivity index (χ0v) is 15.3. The number of nitrogens with zero attached hydrogens (tertiary/aromatic N) is 2. The minimum absolute atomic E-state index is 0.567. The van der Waals surface area contributed by atoms with E-state index < -0.39 is 0 Å². The van der Waals surface area contributed by atoms with Gasteiger partial charge in [-0.15, -0.1) is 22.7 Å². The molecule has 2 heterocycles. The second kappa shape index (κ2) is 6.95. The van der Waals surface area contributed by atoms with E-state index in [1.54, 1.807) is 29.8 Å². The van der Waals surface area contributed by atoms with Gasteiger partial charge in [0.2, 0.25) is 0 Å². The molecule has 2 aromatic heterocycles. The summed E-state index contributed by atoms with van der Waals surface area (Å²) in [4.78, 5) is 7.34. The highest BCUT2D eigenvalue weighted by Gasteiger charge is 2.21. The Morgan fingerprint density at radius 1 is 1.12 bits per heavy atom. The van der Waals surface area contributed by atoms with Gasteiger partial charge in [0.15, 0.2) is 4.80 Å². The molecule has 0 unspecified atom stereocenters. The van der Waals surface area contributed by atoms with Crippen molar-refractivity contribution in [1.82, 2.24) is 4.57 Å². The van der Waals surface area contributed by atoms with Crippen molar-refractivity contribution < 1.29 is 4.74 Å². The molecule has 5 heteroatoms. The van der Waals surface area contributed by atoms with Gasteiger partial charge in [0, 0.05) is 17.5 Å². The van der Waals surface area contributed by atoms with E-state index >= 15 is 0 Å². The number of ether oxygens (including phenoxy) is 1. The first-order chi connectivity index (χ1) is 11.8. The third-order valence-electron chi connectivity index (χ3n) is 4.48. The number of methoxy groups -OCH3 is 1. The average Bonchev–Trinajstić information content (AvgIpc) is 3.35. The smallest absolute Gasteiger partial charge is 0.190 e. The first kappa shape index (κ1) is 15.7. The molecule has 1 aliphatic rings. The molecular weight excluding hydrogens is 336 g/mol. The van der Waals surface area contributed by atoms with E-state index in [0.717, 1.165) is 16.2 Å². The molecule has 24 heavy (non-hydrogen) atoms. The van der Waals surface area contributed by atoms with Crippen LogP contribution in [0, 0.1) is 0 Å². The molecule has 1 aliphatic carbocycles. The predicted octanol–water partition coefficient (Wildman–Crippen LogP) is 5.63. The Hall–Kier alpha value is -1.85. The van der Waals surface area contributed by atoms with Gasteiger partial charge in [0.25, 0.3) is 0 Å². The number of hydrogen-bond acceptors (Lipinski definition) is 4. The first-order valence-corrected chi connectivity index (χ1v) is 10.0. The van der Waals surface area contributed by atoms with Crippen molar-refractivity contribution in [2.24, 2.45) is 4.99 Å². The predicted molar refractivity (Wildman–Crippen MR) is 101 cm³/mol. The molecule has 0 atom stereocenters. The average molecular weight is 357 g/mol. The zero-order chi connectivity index (χ0) is 16.4. The Labute approximate surface area is 149 Å². The quantitative estimate of drug-likeness (QED) is 0.594. The van der Waals surface area contributed by atoms with Gasteiger partial charge in [-0.3, -0.25) is 0 Å². The number of benzene rings is 1. The van der Waals surface area contributed by atoms with Gasteiger partial charge < -0.3 is 9.30 Å². The maximum Gasteiger partial charge on any atom is 0.190 e. The normalized spacial score (nSPS) is 16.0. The van der Waals surface area contributed by atoms with Crippen LogP contribution in [-0.2, 0) is 0 Å². The molecule has 0 aliphatic heterocycles. The maximum absolute atomic E-state index is 5.32. The molecule has 1 saturated carbocycles. The van der Waals surface area contributed by atoms with Crippen LogP contribution >= 0.6 is 22.7 Å². The van der Waals surface area contributed by atoms with E-state index in [2.05, 4.69) is 27.5 Å². The number of thiazole rings is 1. The fourth-order valence-corrected chi connectivity index (χ4v) is 5.10. The van der Waals surface area contributed by atoms with Gasteiger partial charge >= 0.3 is 0 Å². The van der Waals surface area contributed by atoms with E-state index in [1.165, 1.54) is 36.3 Å². The summed E-state index contributed by atoms with van der Waals surface area (Å²) in [7, 11) is 1.69. The maximum atomic E-state index is 5.32. The summed E-state index contributed by atoms with van der Waals surface area (Å²) in [5.41, 5.74) is 2.25. The van der Waals surface area contributed by atoms with E-state index in [1.807, 2.05) is 24.3 Å². The summed E-state index contributed by atoms with van der Waals surface area (Å²) in [6.45, 7) is 0. The molecule has 0 saturated heterocycles. The molecule has 3 nitrogen and oxygen atoms in total. The summed E-state index contributed by atoms with van der Waals surface area (Å²) in [6, 6.07) is 12.9. The minimum Gasteiger partial charge on any atom is -0.497 e. The van der Waals surface area contributed by atoms with Gasteiger partial charge in [0.05, 0.1) is 23.4 Å². The highest BCUT2D eigenvalue weighted by molar-refractivity contribution is 7.14. The lowest BCUT2D eigenvalue weighted by molar-refractivity contribution is 0.415. The van der Waals surface area contributed by atoms with E-state index in [4.69, 9.17) is 9.73 Å². The van der Waals surface area contributed by atoms with Crippen LogP contribution in [0.3, 0.4) is 0 Å². The molecule has 1 aromatic carbocycles. The molecule has 3 aromatic rings. The van der Waals surface area contributed by atoms with Crippen LogP contribution in [0.2, 0.25) is 0 Å².